The van der Waals surface area contributed by atoms with Crippen LogP contribution in [-0.2, 0) is 9.53 Å². The van der Waals surface area contributed by atoms with Crippen molar-refractivity contribution < 1.29 is 23.7 Å². The number of fused-ring (bicyclic) bond motifs is 1. The first kappa shape index (κ1) is 15.0. The summed E-state index contributed by atoms with van der Waals surface area (Å²) in [6, 6.07) is 12.6. The molecule has 1 aliphatic rings. The summed E-state index contributed by atoms with van der Waals surface area (Å²) in [5.74, 6) is 1.71. The molecular weight excluding hydrogens is 296 g/mol. The zero-order valence-corrected chi connectivity index (χ0v) is 13.1. The number of rotatable bonds is 4. The van der Waals surface area contributed by atoms with E-state index in [0.29, 0.717) is 39.7 Å². The van der Waals surface area contributed by atoms with Crippen LogP contribution in [0.5, 0.6) is 17.2 Å². The Hall–Kier alpha value is -2.95. The summed E-state index contributed by atoms with van der Waals surface area (Å²) >= 11 is 0. The van der Waals surface area contributed by atoms with Gasteiger partial charge in [0.15, 0.2) is 0 Å². The molecule has 0 radical (unpaired) electrons. The number of hydrogen-bond donors (Lipinski definition) is 0. The largest absolute Gasteiger partial charge is 0.497 e. The second kappa shape index (κ2) is 6.04. The van der Waals surface area contributed by atoms with E-state index >= 15 is 0 Å². The molecule has 0 spiro atoms. The van der Waals surface area contributed by atoms with E-state index in [0.717, 1.165) is 0 Å². The lowest BCUT2D eigenvalue weighted by Crippen LogP contribution is -2.05. The molecule has 2 aromatic carbocycles. The minimum Gasteiger partial charge on any atom is -0.497 e. The molecule has 0 bridgehead atoms. The van der Waals surface area contributed by atoms with Crippen LogP contribution >= 0.6 is 0 Å². The topological polar surface area (TPSA) is 54.0 Å². The van der Waals surface area contributed by atoms with Crippen LogP contribution in [0.25, 0.3) is 11.3 Å². The summed E-state index contributed by atoms with van der Waals surface area (Å²) in [5.41, 5.74) is 1.77. The first-order chi connectivity index (χ1) is 11.2. The van der Waals surface area contributed by atoms with Gasteiger partial charge in [-0.3, -0.25) is 0 Å². The average Bonchev–Trinajstić information content (AvgIpc) is 2.91. The molecule has 118 valence electrons. The third-order valence-corrected chi connectivity index (χ3v) is 3.61. The monoisotopic (exact) mass is 312 g/mol. The van der Waals surface area contributed by atoms with Crippen molar-refractivity contribution in [3.05, 3.63) is 53.6 Å². The van der Waals surface area contributed by atoms with Gasteiger partial charge in [0, 0.05) is 17.2 Å². The molecule has 0 N–H and O–H groups in total. The fourth-order valence-corrected chi connectivity index (χ4v) is 2.54. The van der Waals surface area contributed by atoms with Crippen LogP contribution in [0.2, 0.25) is 0 Å². The number of carbonyl (C=O) groups excluding carboxylic acids is 1. The highest BCUT2D eigenvalue weighted by Gasteiger charge is 2.31. The summed E-state index contributed by atoms with van der Waals surface area (Å²) in [6.07, 6.45) is 0. The maximum absolute atomic E-state index is 12.3. The van der Waals surface area contributed by atoms with Crippen LogP contribution < -0.4 is 14.2 Å². The van der Waals surface area contributed by atoms with Gasteiger partial charge >= 0.3 is 5.97 Å². The molecule has 1 heterocycles. The molecule has 0 aromatic heterocycles. The predicted octanol–water partition coefficient (Wildman–Crippen LogP) is 3.14. The van der Waals surface area contributed by atoms with Crippen molar-refractivity contribution in [1.82, 2.24) is 0 Å². The van der Waals surface area contributed by atoms with E-state index in [4.69, 9.17) is 18.9 Å². The van der Waals surface area contributed by atoms with Crippen LogP contribution in [0.1, 0.15) is 11.1 Å². The Kier molecular flexibility index (Phi) is 3.93. The predicted molar refractivity (Wildman–Crippen MR) is 85.4 cm³/mol. The number of esters is 1. The number of ether oxygens (including phenoxy) is 4. The molecule has 2 aromatic rings. The lowest BCUT2D eigenvalue weighted by molar-refractivity contribution is -0.127. The molecule has 0 atom stereocenters. The standard InChI is InChI=1S/C18H16O5/c1-20-12-8-11(9-13(10-12)21-2)17(22-3)16-14-6-4-5-7-15(14)23-18(16)19/h4-10H,1-3H3. The van der Waals surface area contributed by atoms with Crippen molar-refractivity contribution in [2.75, 3.05) is 21.3 Å². The Morgan fingerprint density at radius 3 is 2.22 bits per heavy atom. The molecule has 3 rings (SSSR count). The molecule has 0 fully saturated rings. The van der Waals surface area contributed by atoms with E-state index in [1.165, 1.54) is 7.11 Å². The van der Waals surface area contributed by atoms with Crippen molar-refractivity contribution in [3.63, 3.8) is 0 Å². The molecule has 5 heteroatoms. The molecule has 0 saturated carbocycles. The number of carbonyl (C=O) groups is 1. The van der Waals surface area contributed by atoms with Crippen LogP contribution in [0, 0.1) is 0 Å². The fourth-order valence-electron chi connectivity index (χ4n) is 2.54. The van der Waals surface area contributed by atoms with Gasteiger partial charge in [0.05, 0.1) is 21.3 Å². The highest BCUT2D eigenvalue weighted by molar-refractivity contribution is 6.27. The van der Waals surface area contributed by atoms with E-state index in [1.807, 2.05) is 18.2 Å². The second-order valence-corrected chi connectivity index (χ2v) is 4.90. The first-order valence-electron chi connectivity index (χ1n) is 7.01. The van der Waals surface area contributed by atoms with Crippen molar-refractivity contribution in [3.8, 4) is 17.2 Å². The summed E-state index contributed by atoms with van der Waals surface area (Å²) in [5, 5.41) is 0. The van der Waals surface area contributed by atoms with Crippen LogP contribution in [-0.4, -0.2) is 27.3 Å². The summed E-state index contributed by atoms with van der Waals surface area (Å²) < 4.78 is 21.4. The van der Waals surface area contributed by atoms with Gasteiger partial charge in [0.2, 0.25) is 0 Å². The van der Waals surface area contributed by atoms with Gasteiger partial charge in [-0.2, -0.15) is 0 Å². The zero-order valence-electron chi connectivity index (χ0n) is 13.1. The number of methoxy groups -OCH3 is 3. The Bertz CT molecular complexity index is 769. The normalized spacial score (nSPS) is 14.8. The summed E-state index contributed by atoms with van der Waals surface area (Å²) in [6.45, 7) is 0. The van der Waals surface area contributed by atoms with Gasteiger partial charge in [0.1, 0.15) is 28.6 Å². The summed E-state index contributed by atoms with van der Waals surface area (Å²) in [7, 11) is 4.65. The van der Waals surface area contributed by atoms with Gasteiger partial charge in [-0.05, 0) is 18.2 Å². The van der Waals surface area contributed by atoms with E-state index in [-0.39, 0.29) is 0 Å². The number of hydrogen-bond acceptors (Lipinski definition) is 5. The van der Waals surface area contributed by atoms with Crippen molar-refractivity contribution in [1.29, 1.82) is 0 Å². The number of benzene rings is 2. The van der Waals surface area contributed by atoms with Gasteiger partial charge in [-0.15, -0.1) is 0 Å². The van der Waals surface area contributed by atoms with Gasteiger partial charge in [-0.25, -0.2) is 4.79 Å². The maximum Gasteiger partial charge on any atom is 0.348 e. The van der Waals surface area contributed by atoms with E-state index in [1.54, 1.807) is 38.5 Å². The SMILES string of the molecule is COC(=C1C(=O)Oc2ccccc21)c1cc(OC)cc(OC)c1. The van der Waals surface area contributed by atoms with E-state index in [2.05, 4.69) is 0 Å². The third kappa shape index (κ3) is 2.61. The number of para-hydroxylation sites is 1. The van der Waals surface area contributed by atoms with Crippen LogP contribution in [0.4, 0.5) is 0 Å². The third-order valence-electron chi connectivity index (χ3n) is 3.61. The smallest absolute Gasteiger partial charge is 0.348 e. The van der Waals surface area contributed by atoms with Gasteiger partial charge in [0.25, 0.3) is 0 Å². The second-order valence-electron chi connectivity index (χ2n) is 4.90. The Morgan fingerprint density at radius 2 is 1.61 bits per heavy atom. The average molecular weight is 312 g/mol. The van der Waals surface area contributed by atoms with Crippen LogP contribution in [0.3, 0.4) is 0 Å². The van der Waals surface area contributed by atoms with Gasteiger partial charge in [-0.1, -0.05) is 18.2 Å². The Balaban J connectivity index is 2.22. The van der Waals surface area contributed by atoms with Gasteiger partial charge < -0.3 is 18.9 Å². The molecule has 0 amide bonds. The molecular formula is C18H16O5. The molecule has 0 aliphatic carbocycles. The molecule has 0 saturated heterocycles. The zero-order chi connectivity index (χ0) is 16.4. The first-order valence-corrected chi connectivity index (χ1v) is 7.01. The molecule has 1 aliphatic heterocycles. The Morgan fingerprint density at radius 1 is 0.957 bits per heavy atom. The molecule has 5 nitrogen and oxygen atoms in total. The lowest BCUT2D eigenvalue weighted by Gasteiger charge is -2.12. The minimum atomic E-state index is -0.440. The van der Waals surface area contributed by atoms with Crippen molar-refractivity contribution >= 4 is 17.3 Å². The minimum absolute atomic E-state index is 0.387. The van der Waals surface area contributed by atoms with Crippen molar-refractivity contribution in [2.24, 2.45) is 0 Å². The van der Waals surface area contributed by atoms with E-state index in [9.17, 15) is 4.79 Å². The summed E-state index contributed by atoms with van der Waals surface area (Å²) in [4.78, 5) is 12.3. The maximum atomic E-state index is 12.3. The fraction of sp³-hybridized carbons (Fsp3) is 0.167. The Labute approximate surface area is 134 Å². The lowest BCUT2D eigenvalue weighted by atomic mass is 10.0. The van der Waals surface area contributed by atoms with Crippen LogP contribution in [0.15, 0.2) is 42.5 Å². The van der Waals surface area contributed by atoms with Crippen molar-refractivity contribution in [2.45, 2.75) is 0 Å². The highest BCUT2D eigenvalue weighted by Crippen LogP contribution is 2.40. The van der Waals surface area contributed by atoms with E-state index < -0.39 is 5.97 Å². The quantitative estimate of drug-likeness (QED) is 0.376. The molecule has 0 unspecified atom stereocenters. The highest BCUT2D eigenvalue weighted by atomic mass is 16.5. The molecule has 23 heavy (non-hydrogen) atoms.